The molecule has 0 aliphatic rings. The SMILES string of the molecule is CCNc1nc(-c2ccc(Cl)c(F)c2)nc(CC)c1Br. The molecule has 6 heteroatoms. The van der Waals surface area contributed by atoms with Gasteiger partial charge in [0.25, 0.3) is 0 Å². The highest BCUT2D eigenvalue weighted by molar-refractivity contribution is 9.10. The van der Waals surface area contributed by atoms with Crippen molar-refractivity contribution in [1.82, 2.24) is 9.97 Å². The lowest BCUT2D eigenvalue weighted by Gasteiger charge is -2.11. The zero-order valence-corrected chi connectivity index (χ0v) is 13.5. The van der Waals surface area contributed by atoms with Crippen LogP contribution >= 0.6 is 27.5 Å². The second kappa shape index (κ2) is 6.50. The van der Waals surface area contributed by atoms with E-state index in [0.717, 1.165) is 23.1 Å². The van der Waals surface area contributed by atoms with Gasteiger partial charge in [-0.3, -0.25) is 0 Å². The van der Waals surface area contributed by atoms with Crippen LogP contribution in [0.5, 0.6) is 0 Å². The van der Waals surface area contributed by atoms with Gasteiger partial charge in [-0.2, -0.15) is 0 Å². The Balaban J connectivity index is 2.55. The first kappa shape index (κ1) is 15.2. The van der Waals surface area contributed by atoms with E-state index in [1.807, 2.05) is 13.8 Å². The van der Waals surface area contributed by atoms with Gasteiger partial charge in [0.1, 0.15) is 11.6 Å². The van der Waals surface area contributed by atoms with Crippen molar-refractivity contribution in [1.29, 1.82) is 0 Å². The highest BCUT2D eigenvalue weighted by atomic mass is 79.9. The van der Waals surface area contributed by atoms with Gasteiger partial charge in [0.05, 0.1) is 15.2 Å². The Morgan fingerprint density at radius 2 is 2.05 bits per heavy atom. The maximum atomic E-state index is 13.6. The summed E-state index contributed by atoms with van der Waals surface area (Å²) in [6.45, 7) is 4.74. The van der Waals surface area contributed by atoms with Gasteiger partial charge in [-0.05, 0) is 47.5 Å². The molecule has 0 saturated heterocycles. The van der Waals surface area contributed by atoms with E-state index in [-0.39, 0.29) is 5.02 Å². The van der Waals surface area contributed by atoms with E-state index in [4.69, 9.17) is 11.6 Å². The largest absolute Gasteiger partial charge is 0.369 e. The van der Waals surface area contributed by atoms with E-state index in [0.29, 0.717) is 17.2 Å². The van der Waals surface area contributed by atoms with Gasteiger partial charge in [-0.25, -0.2) is 14.4 Å². The van der Waals surface area contributed by atoms with Crippen LogP contribution in [-0.4, -0.2) is 16.5 Å². The summed E-state index contributed by atoms with van der Waals surface area (Å²) in [5.41, 5.74) is 1.48. The molecule has 0 spiro atoms. The maximum absolute atomic E-state index is 13.6. The second-order valence-electron chi connectivity index (χ2n) is 4.17. The zero-order valence-electron chi connectivity index (χ0n) is 11.2. The van der Waals surface area contributed by atoms with Gasteiger partial charge in [0.2, 0.25) is 0 Å². The smallest absolute Gasteiger partial charge is 0.161 e. The molecule has 0 amide bonds. The summed E-state index contributed by atoms with van der Waals surface area (Å²) in [5.74, 6) is 0.722. The summed E-state index contributed by atoms with van der Waals surface area (Å²) >= 11 is 9.19. The maximum Gasteiger partial charge on any atom is 0.161 e. The molecule has 106 valence electrons. The summed E-state index contributed by atoms with van der Waals surface area (Å²) in [7, 11) is 0. The fraction of sp³-hybridized carbons (Fsp3) is 0.286. The lowest BCUT2D eigenvalue weighted by molar-refractivity contribution is 0.628. The average Bonchev–Trinajstić information content (AvgIpc) is 2.44. The summed E-state index contributed by atoms with van der Waals surface area (Å²) in [6.07, 6.45) is 0.755. The van der Waals surface area contributed by atoms with E-state index < -0.39 is 5.82 Å². The van der Waals surface area contributed by atoms with E-state index in [1.54, 1.807) is 6.07 Å². The van der Waals surface area contributed by atoms with Gasteiger partial charge >= 0.3 is 0 Å². The molecule has 1 heterocycles. The number of anilines is 1. The number of aryl methyl sites for hydroxylation is 1. The highest BCUT2D eigenvalue weighted by Crippen LogP contribution is 2.28. The number of benzene rings is 1. The van der Waals surface area contributed by atoms with Crippen LogP contribution < -0.4 is 5.32 Å². The normalized spacial score (nSPS) is 10.7. The standard InChI is InChI=1S/C14H14BrClFN3/c1-3-11-12(15)14(18-4-2)20-13(19-11)8-5-6-9(16)10(17)7-8/h5-7H,3-4H2,1-2H3,(H,18,19,20). The minimum absolute atomic E-state index is 0.0912. The number of hydrogen-bond donors (Lipinski definition) is 1. The molecule has 0 atom stereocenters. The van der Waals surface area contributed by atoms with Gasteiger partial charge in [-0.1, -0.05) is 18.5 Å². The van der Waals surface area contributed by atoms with Crippen LogP contribution in [0, 0.1) is 5.82 Å². The second-order valence-corrected chi connectivity index (χ2v) is 5.37. The monoisotopic (exact) mass is 357 g/mol. The molecule has 2 rings (SSSR count). The number of nitrogens with zero attached hydrogens (tertiary/aromatic N) is 2. The van der Waals surface area contributed by atoms with Crippen LogP contribution in [0.2, 0.25) is 5.02 Å². The van der Waals surface area contributed by atoms with Crippen molar-refractivity contribution >= 4 is 33.3 Å². The molecular weight excluding hydrogens is 345 g/mol. The molecule has 1 N–H and O–H groups in total. The molecule has 0 radical (unpaired) electrons. The molecule has 0 bridgehead atoms. The molecule has 0 saturated carbocycles. The third kappa shape index (κ3) is 3.10. The van der Waals surface area contributed by atoms with Gasteiger partial charge in [-0.15, -0.1) is 0 Å². The Labute approximate surface area is 130 Å². The molecule has 1 aromatic carbocycles. The van der Waals surface area contributed by atoms with E-state index in [1.165, 1.54) is 12.1 Å². The summed E-state index contributed by atoms with van der Waals surface area (Å²) in [6, 6.07) is 4.57. The number of hydrogen-bond acceptors (Lipinski definition) is 3. The molecule has 1 aromatic heterocycles. The van der Waals surface area contributed by atoms with Crippen molar-refractivity contribution in [3.05, 3.63) is 39.2 Å². The highest BCUT2D eigenvalue weighted by Gasteiger charge is 2.13. The zero-order chi connectivity index (χ0) is 14.7. The first-order valence-corrected chi connectivity index (χ1v) is 7.49. The Morgan fingerprint density at radius 3 is 2.65 bits per heavy atom. The van der Waals surface area contributed by atoms with Crippen molar-refractivity contribution in [2.24, 2.45) is 0 Å². The Kier molecular flexibility index (Phi) is 4.94. The fourth-order valence-corrected chi connectivity index (χ4v) is 2.49. The van der Waals surface area contributed by atoms with Crippen molar-refractivity contribution in [3.8, 4) is 11.4 Å². The first-order valence-electron chi connectivity index (χ1n) is 6.32. The average molecular weight is 359 g/mol. The predicted octanol–water partition coefficient (Wildman–Crippen LogP) is 4.69. The van der Waals surface area contributed by atoms with Gasteiger partial charge in [0.15, 0.2) is 5.82 Å². The molecule has 0 aliphatic carbocycles. The molecule has 0 aliphatic heterocycles. The molecule has 2 aromatic rings. The quantitative estimate of drug-likeness (QED) is 0.861. The van der Waals surface area contributed by atoms with Crippen LogP contribution in [0.25, 0.3) is 11.4 Å². The topological polar surface area (TPSA) is 37.8 Å². The van der Waals surface area contributed by atoms with Crippen molar-refractivity contribution < 1.29 is 4.39 Å². The molecule has 20 heavy (non-hydrogen) atoms. The fourth-order valence-electron chi connectivity index (χ4n) is 1.78. The van der Waals surface area contributed by atoms with Crippen LogP contribution in [0.3, 0.4) is 0 Å². The predicted molar refractivity (Wildman–Crippen MR) is 83.7 cm³/mol. The first-order chi connectivity index (χ1) is 9.56. The molecule has 0 fully saturated rings. The lowest BCUT2D eigenvalue weighted by atomic mass is 10.2. The van der Waals surface area contributed by atoms with E-state index in [2.05, 4.69) is 31.2 Å². The lowest BCUT2D eigenvalue weighted by Crippen LogP contribution is -2.06. The van der Waals surface area contributed by atoms with Crippen LogP contribution in [0.15, 0.2) is 22.7 Å². The van der Waals surface area contributed by atoms with Crippen molar-refractivity contribution in [2.45, 2.75) is 20.3 Å². The number of rotatable bonds is 4. The van der Waals surface area contributed by atoms with Crippen molar-refractivity contribution in [3.63, 3.8) is 0 Å². The third-order valence-electron chi connectivity index (χ3n) is 2.78. The minimum Gasteiger partial charge on any atom is -0.369 e. The number of nitrogens with one attached hydrogen (secondary N) is 1. The molecule has 3 nitrogen and oxygen atoms in total. The van der Waals surface area contributed by atoms with Gasteiger partial charge < -0.3 is 5.32 Å². The molecule has 0 unspecified atom stereocenters. The Morgan fingerprint density at radius 1 is 1.30 bits per heavy atom. The summed E-state index contributed by atoms with van der Waals surface area (Å²) in [4.78, 5) is 8.90. The van der Waals surface area contributed by atoms with Crippen LogP contribution in [0.1, 0.15) is 19.5 Å². The summed E-state index contributed by atoms with van der Waals surface area (Å²) < 4.78 is 14.4. The Bertz CT molecular complexity index is 634. The van der Waals surface area contributed by atoms with E-state index in [9.17, 15) is 4.39 Å². The number of halogens is 3. The van der Waals surface area contributed by atoms with Gasteiger partial charge in [0, 0.05) is 12.1 Å². The molecular formula is C14H14BrClFN3. The van der Waals surface area contributed by atoms with Crippen LogP contribution in [0.4, 0.5) is 10.2 Å². The van der Waals surface area contributed by atoms with Crippen LogP contribution in [-0.2, 0) is 6.42 Å². The van der Waals surface area contributed by atoms with E-state index >= 15 is 0 Å². The summed E-state index contributed by atoms with van der Waals surface area (Å²) in [5, 5.41) is 3.26. The Hall–Kier alpha value is -1.20. The van der Waals surface area contributed by atoms with Crippen molar-refractivity contribution in [2.75, 3.05) is 11.9 Å². The minimum atomic E-state index is -0.473. The number of aromatic nitrogens is 2. The third-order valence-corrected chi connectivity index (χ3v) is 3.92.